The molecule has 0 bridgehead atoms. The highest BCUT2D eigenvalue weighted by molar-refractivity contribution is 8.27. The topological polar surface area (TPSA) is 58.6 Å². The van der Waals surface area contributed by atoms with Crippen molar-refractivity contribution in [2.45, 2.75) is 6.92 Å². The van der Waals surface area contributed by atoms with Crippen LogP contribution in [-0.4, -0.2) is 22.7 Å². The maximum Gasteiger partial charge on any atom is 0.270 e. The Morgan fingerprint density at radius 3 is 2.44 bits per heavy atom. The molecule has 0 unspecified atom stereocenters. The number of hydrogen-bond acceptors (Lipinski definition) is 5. The molecule has 2 amide bonds. The Balaban J connectivity index is 1.37. The van der Waals surface area contributed by atoms with Gasteiger partial charge in [-0.2, -0.15) is 0 Å². The summed E-state index contributed by atoms with van der Waals surface area (Å²) < 4.78 is 6.04. The number of hydrogen-bond donors (Lipinski definition) is 1. The third kappa shape index (κ3) is 5.80. The number of nitrogens with one attached hydrogen (secondary N) is 1. The number of carbonyl (C=O) groups is 2. The van der Waals surface area contributed by atoms with Crippen molar-refractivity contribution in [2.75, 3.05) is 16.8 Å². The van der Waals surface area contributed by atoms with Crippen LogP contribution in [0, 0.1) is 6.92 Å². The summed E-state index contributed by atoms with van der Waals surface area (Å²) in [6.45, 7) is 1.74. The molecule has 4 rings (SSSR count). The molecule has 3 aromatic rings. The Morgan fingerprint density at radius 2 is 1.74 bits per heavy atom. The molecule has 0 atom stereocenters. The predicted molar refractivity (Wildman–Crippen MR) is 144 cm³/mol. The van der Waals surface area contributed by atoms with E-state index in [0.29, 0.717) is 36.4 Å². The highest BCUT2D eigenvalue weighted by Crippen LogP contribution is 2.36. The van der Waals surface area contributed by atoms with Crippen molar-refractivity contribution in [1.29, 1.82) is 0 Å². The zero-order valence-electron chi connectivity index (χ0n) is 17.9. The number of aryl methyl sites for hydroxylation is 1. The maximum absolute atomic E-state index is 12.9. The van der Waals surface area contributed by atoms with Crippen LogP contribution in [0.25, 0.3) is 6.08 Å². The molecule has 1 aliphatic heterocycles. The molecular formula is C25H18Cl2N2O3S2. The number of thioether (sulfide) groups is 1. The van der Waals surface area contributed by atoms with Gasteiger partial charge in [-0.3, -0.25) is 14.5 Å². The van der Waals surface area contributed by atoms with Gasteiger partial charge in [0.15, 0.2) is 10.9 Å². The van der Waals surface area contributed by atoms with E-state index in [0.717, 1.165) is 11.1 Å². The molecule has 1 fully saturated rings. The number of benzene rings is 3. The summed E-state index contributed by atoms with van der Waals surface area (Å²) in [7, 11) is 0. The van der Waals surface area contributed by atoms with Crippen molar-refractivity contribution in [2.24, 2.45) is 0 Å². The first kappa shape index (κ1) is 24.3. The van der Waals surface area contributed by atoms with E-state index in [9.17, 15) is 9.59 Å². The van der Waals surface area contributed by atoms with E-state index in [1.165, 1.54) is 16.7 Å². The molecule has 0 radical (unpaired) electrons. The van der Waals surface area contributed by atoms with E-state index in [1.807, 2.05) is 25.1 Å². The van der Waals surface area contributed by atoms with E-state index < -0.39 is 0 Å². The number of anilines is 2. The molecule has 1 N–H and O–H groups in total. The molecule has 3 aromatic carbocycles. The largest absolute Gasteiger partial charge is 0.484 e. The van der Waals surface area contributed by atoms with Gasteiger partial charge in [-0.15, -0.1) is 0 Å². The van der Waals surface area contributed by atoms with Gasteiger partial charge in [0.1, 0.15) is 5.75 Å². The number of amides is 2. The number of nitrogens with zero attached hydrogens (tertiary/aromatic N) is 1. The molecule has 1 heterocycles. The van der Waals surface area contributed by atoms with Crippen LogP contribution in [-0.2, 0) is 9.59 Å². The third-order valence-corrected chi connectivity index (χ3v) is 6.69. The molecule has 1 saturated heterocycles. The number of carbonyl (C=O) groups excluding carboxylic acids is 2. The van der Waals surface area contributed by atoms with Gasteiger partial charge in [-0.05, 0) is 72.7 Å². The number of rotatable bonds is 6. The van der Waals surface area contributed by atoms with Crippen molar-refractivity contribution in [1.82, 2.24) is 0 Å². The average molecular weight is 529 g/mol. The van der Waals surface area contributed by atoms with Gasteiger partial charge < -0.3 is 10.1 Å². The van der Waals surface area contributed by atoms with Crippen molar-refractivity contribution < 1.29 is 14.3 Å². The summed E-state index contributed by atoms with van der Waals surface area (Å²) in [5.41, 5.74) is 3.03. The van der Waals surface area contributed by atoms with Crippen molar-refractivity contribution in [3.05, 3.63) is 92.8 Å². The van der Waals surface area contributed by atoms with E-state index in [-0.39, 0.29) is 18.4 Å². The van der Waals surface area contributed by atoms with Gasteiger partial charge in [0, 0.05) is 15.7 Å². The minimum Gasteiger partial charge on any atom is -0.484 e. The van der Waals surface area contributed by atoms with E-state index in [2.05, 4.69) is 5.32 Å². The Morgan fingerprint density at radius 1 is 1.06 bits per heavy atom. The lowest BCUT2D eigenvalue weighted by Crippen LogP contribution is -2.27. The van der Waals surface area contributed by atoms with Crippen molar-refractivity contribution >= 4 is 80.8 Å². The van der Waals surface area contributed by atoms with E-state index in [4.69, 9.17) is 40.2 Å². The van der Waals surface area contributed by atoms with Gasteiger partial charge in [-0.25, -0.2) is 0 Å². The maximum atomic E-state index is 12.9. The van der Waals surface area contributed by atoms with Crippen LogP contribution in [0.2, 0.25) is 10.0 Å². The average Bonchev–Trinajstić information content (AvgIpc) is 3.09. The molecule has 34 heavy (non-hydrogen) atoms. The van der Waals surface area contributed by atoms with Gasteiger partial charge in [-0.1, -0.05) is 65.4 Å². The van der Waals surface area contributed by atoms with Crippen molar-refractivity contribution in [3.8, 4) is 5.75 Å². The Hall–Kier alpha value is -2.84. The Bertz CT molecular complexity index is 1290. The van der Waals surface area contributed by atoms with Crippen LogP contribution < -0.4 is 15.0 Å². The fraction of sp³-hybridized carbons (Fsp3) is 0.0800. The molecule has 5 nitrogen and oxygen atoms in total. The van der Waals surface area contributed by atoms with E-state index >= 15 is 0 Å². The lowest BCUT2D eigenvalue weighted by atomic mass is 10.2. The molecule has 1 aliphatic rings. The molecule has 172 valence electrons. The van der Waals surface area contributed by atoms with Crippen molar-refractivity contribution in [3.63, 3.8) is 0 Å². The zero-order valence-corrected chi connectivity index (χ0v) is 21.0. The lowest BCUT2D eigenvalue weighted by molar-refractivity contribution is -0.118. The van der Waals surface area contributed by atoms with Crippen LogP contribution >= 0.6 is 47.2 Å². The number of halogens is 2. The minimum absolute atomic E-state index is 0.148. The van der Waals surface area contributed by atoms with Crippen LogP contribution in [0.4, 0.5) is 11.4 Å². The summed E-state index contributed by atoms with van der Waals surface area (Å²) >= 11 is 18.6. The summed E-state index contributed by atoms with van der Waals surface area (Å²) in [5.74, 6) is 0.0507. The second-order valence-electron chi connectivity index (χ2n) is 7.36. The first-order chi connectivity index (χ1) is 16.3. The third-order valence-electron chi connectivity index (χ3n) is 4.90. The Kier molecular flexibility index (Phi) is 7.58. The molecule has 0 aromatic heterocycles. The van der Waals surface area contributed by atoms with Gasteiger partial charge >= 0.3 is 0 Å². The molecule has 0 spiro atoms. The van der Waals surface area contributed by atoms with Crippen LogP contribution in [0.15, 0.2) is 71.6 Å². The fourth-order valence-electron chi connectivity index (χ4n) is 3.16. The SMILES string of the molecule is Cc1ccc(Cl)cc1NC(=O)COc1ccc(/C=C2\SC(=S)N(c3ccc(Cl)cc3)C2=O)cc1. The second kappa shape index (κ2) is 10.6. The molecular weight excluding hydrogens is 511 g/mol. The number of ether oxygens (including phenoxy) is 1. The van der Waals surface area contributed by atoms with Gasteiger partial charge in [0.2, 0.25) is 0 Å². The highest BCUT2D eigenvalue weighted by Gasteiger charge is 2.33. The smallest absolute Gasteiger partial charge is 0.270 e. The highest BCUT2D eigenvalue weighted by atomic mass is 35.5. The van der Waals surface area contributed by atoms with Crippen LogP contribution in [0.1, 0.15) is 11.1 Å². The van der Waals surface area contributed by atoms with Gasteiger partial charge in [0.25, 0.3) is 11.8 Å². The molecule has 0 saturated carbocycles. The summed E-state index contributed by atoms with van der Waals surface area (Å²) in [5, 5.41) is 3.92. The van der Waals surface area contributed by atoms with Gasteiger partial charge in [0.05, 0.1) is 10.6 Å². The quantitative estimate of drug-likeness (QED) is 0.284. The predicted octanol–water partition coefficient (Wildman–Crippen LogP) is 6.73. The Labute approximate surface area is 216 Å². The molecule has 0 aliphatic carbocycles. The van der Waals surface area contributed by atoms with Crippen LogP contribution in [0.5, 0.6) is 5.75 Å². The zero-order chi connectivity index (χ0) is 24.2. The molecule has 9 heteroatoms. The summed E-state index contributed by atoms with van der Waals surface area (Å²) in [6, 6.07) is 19.3. The summed E-state index contributed by atoms with van der Waals surface area (Å²) in [6.07, 6.45) is 1.77. The lowest BCUT2D eigenvalue weighted by Gasteiger charge is -2.14. The first-order valence-corrected chi connectivity index (χ1v) is 12.1. The minimum atomic E-state index is -0.291. The monoisotopic (exact) mass is 528 g/mol. The summed E-state index contributed by atoms with van der Waals surface area (Å²) in [4.78, 5) is 27.1. The first-order valence-electron chi connectivity index (χ1n) is 10.1. The second-order valence-corrected chi connectivity index (χ2v) is 9.91. The fourth-order valence-corrected chi connectivity index (χ4v) is 4.75. The standard InChI is InChI=1S/C25H18Cl2N2O3S2/c1-15-2-5-18(27)13-21(15)28-23(30)14-32-20-10-3-16(4-11-20)12-22-24(31)29(25(33)34-22)19-8-6-17(26)7-9-19/h2-13H,14H2,1H3,(H,28,30)/b22-12-. The van der Waals surface area contributed by atoms with Crippen LogP contribution in [0.3, 0.4) is 0 Å². The number of thiocarbonyl (C=S) groups is 1. The van der Waals surface area contributed by atoms with E-state index in [1.54, 1.807) is 54.6 Å². The normalized spacial score (nSPS) is 14.6.